The van der Waals surface area contributed by atoms with E-state index in [0.29, 0.717) is 36.5 Å². The van der Waals surface area contributed by atoms with Crippen LogP contribution in [0.1, 0.15) is 28.9 Å². The van der Waals surface area contributed by atoms with Crippen LogP contribution in [0.4, 0.5) is 17.6 Å². The van der Waals surface area contributed by atoms with Crippen molar-refractivity contribution < 1.29 is 27.1 Å². The van der Waals surface area contributed by atoms with E-state index < -0.39 is 23.8 Å². The fraction of sp³-hybridized carbons (Fsp3) is 0.348. The van der Waals surface area contributed by atoms with Crippen LogP contribution in [0.2, 0.25) is 0 Å². The molecule has 0 N–H and O–H groups in total. The normalized spacial score (nSPS) is 26.9. The lowest BCUT2D eigenvalue weighted by Crippen LogP contribution is -2.59. The van der Waals surface area contributed by atoms with Crippen molar-refractivity contribution in [3.8, 4) is 17.3 Å². The number of likely N-dealkylation sites (tertiary alicyclic amines) is 1. The molecule has 3 heterocycles. The van der Waals surface area contributed by atoms with Gasteiger partial charge in [0.15, 0.2) is 11.5 Å². The Labute approximate surface area is 190 Å². The van der Waals surface area contributed by atoms with Gasteiger partial charge in [-0.3, -0.25) is 4.79 Å². The van der Waals surface area contributed by atoms with Crippen molar-refractivity contribution in [2.75, 3.05) is 6.54 Å². The van der Waals surface area contributed by atoms with E-state index in [0.717, 1.165) is 12.6 Å². The Morgan fingerprint density at radius 1 is 1.09 bits per heavy atom. The van der Waals surface area contributed by atoms with Crippen LogP contribution in [0.3, 0.4) is 0 Å². The van der Waals surface area contributed by atoms with Crippen molar-refractivity contribution in [3.63, 3.8) is 0 Å². The Bertz CT molecular complexity index is 1270. The molecule has 2 aromatic heterocycles. The van der Waals surface area contributed by atoms with Crippen molar-refractivity contribution in [3.05, 3.63) is 66.1 Å². The fourth-order valence-corrected chi connectivity index (χ4v) is 5.41. The van der Waals surface area contributed by atoms with E-state index in [-0.39, 0.29) is 28.8 Å². The van der Waals surface area contributed by atoms with Crippen LogP contribution in [-0.2, 0) is 6.18 Å². The summed E-state index contributed by atoms with van der Waals surface area (Å²) in [6, 6.07) is 5.29. The van der Waals surface area contributed by atoms with Crippen molar-refractivity contribution in [1.29, 1.82) is 0 Å². The molecule has 0 radical (unpaired) electrons. The van der Waals surface area contributed by atoms with E-state index in [1.165, 1.54) is 18.2 Å². The topological polar surface area (TPSA) is 81.1 Å². The molecule has 3 aliphatic rings. The smallest absolute Gasteiger partial charge is 0.434 e. The maximum atomic E-state index is 14.1. The monoisotopic (exact) mass is 471 g/mol. The molecule has 4 atom stereocenters. The van der Waals surface area contributed by atoms with E-state index >= 15 is 0 Å². The summed E-state index contributed by atoms with van der Waals surface area (Å²) in [5.74, 6) is -0.307. The molecule has 3 aromatic rings. The lowest BCUT2D eigenvalue weighted by molar-refractivity contribution is -0.141. The summed E-state index contributed by atoms with van der Waals surface area (Å²) < 4.78 is 58.2. The number of aromatic nitrogens is 4. The number of rotatable bonds is 4. The molecule has 1 spiro atoms. The highest BCUT2D eigenvalue weighted by Gasteiger charge is 2.76. The fourth-order valence-electron chi connectivity index (χ4n) is 5.41. The molecule has 2 aliphatic carbocycles. The number of nitrogens with zero attached hydrogens (tertiary/aromatic N) is 5. The molecule has 7 nitrogen and oxygen atoms in total. The van der Waals surface area contributed by atoms with Crippen molar-refractivity contribution >= 4 is 5.91 Å². The van der Waals surface area contributed by atoms with Crippen LogP contribution in [0.15, 0.2) is 49.1 Å². The predicted octanol–water partition coefficient (Wildman–Crippen LogP) is 3.77. The number of halogens is 4. The predicted molar refractivity (Wildman–Crippen MR) is 109 cm³/mol. The minimum absolute atomic E-state index is 0.0338. The first-order valence-corrected chi connectivity index (χ1v) is 10.7. The minimum atomic E-state index is -4.59. The Hall–Kier alpha value is -3.63. The number of benzene rings is 1. The van der Waals surface area contributed by atoms with Crippen LogP contribution >= 0.6 is 0 Å². The first kappa shape index (κ1) is 20.9. The molecule has 1 amide bonds. The highest BCUT2D eigenvalue weighted by molar-refractivity contribution is 6.00. The molecule has 3 fully saturated rings. The second kappa shape index (κ2) is 7.18. The largest absolute Gasteiger partial charge is 0.471 e. The number of hydrogen-bond acceptors (Lipinski definition) is 6. The quantitative estimate of drug-likeness (QED) is 0.539. The van der Waals surface area contributed by atoms with E-state index in [2.05, 4.69) is 19.9 Å². The van der Waals surface area contributed by atoms with Crippen LogP contribution in [0.25, 0.3) is 11.4 Å². The van der Waals surface area contributed by atoms with Gasteiger partial charge >= 0.3 is 6.18 Å². The number of carbonyl (C=O) groups excluding carboxylic acids is 1. The minimum Gasteiger partial charge on any atom is -0.471 e. The summed E-state index contributed by atoms with van der Waals surface area (Å²) in [5, 5.41) is 0. The van der Waals surface area contributed by atoms with Crippen molar-refractivity contribution in [1.82, 2.24) is 24.8 Å². The Morgan fingerprint density at radius 2 is 1.88 bits per heavy atom. The van der Waals surface area contributed by atoms with Gasteiger partial charge in [-0.1, -0.05) is 0 Å². The van der Waals surface area contributed by atoms with E-state index in [4.69, 9.17) is 4.74 Å². The molecule has 2 saturated carbocycles. The van der Waals surface area contributed by atoms with Gasteiger partial charge in [0.1, 0.15) is 11.9 Å². The third kappa shape index (κ3) is 3.21. The molecule has 1 aliphatic heterocycles. The summed E-state index contributed by atoms with van der Waals surface area (Å²) in [6.45, 7) is 0.508. The zero-order valence-corrected chi connectivity index (χ0v) is 17.5. The van der Waals surface area contributed by atoms with Crippen molar-refractivity contribution in [2.24, 2.45) is 11.3 Å². The van der Waals surface area contributed by atoms with Gasteiger partial charge in [-0.2, -0.15) is 13.2 Å². The number of alkyl halides is 3. The van der Waals surface area contributed by atoms with Crippen LogP contribution < -0.4 is 4.74 Å². The maximum Gasteiger partial charge on any atom is 0.434 e. The average molecular weight is 471 g/mol. The standard InChI is InChI=1S/C23H17F4N5O2/c24-13-2-3-14(20-28-4-1-5-29-20)15(6-13)21(33)32-11-12-7-22(12)8-16(19(22)32)34-18-10-30-17(9-31-18)23(25,26)27/h1-6,9-10,12,16,19H,7-8,11H2. The molecule has 4 unspecified atom stereocenters. The molecular weight excluding hydrogens is 454 g/mol. The Kier molecular flexibility index (Phi) is 4.42. The number of piperidine rings is 1. The first-order valence-electron chi connectivity index (χ1n) is 10.7. The number of ether oxygens (including phenoxy) is 1. The van der Waals surface area contributed by atoms with Gasteiger partial charge in [0.25, 0.3) is 5.91 Å². The summed E-state index contributed by atoms with van der Waals surface area (Å²) in [5.41, 5.74) is -0.586. The second-order valence-electron chi connectivity index (χ2n) is 8.90. The zero-order valence-electron chi connectivity index (χ0n) is 17.5. The zero-order chi connectivity index (χ0) is 23.7. The van der Waals surface area contributed by atoms with Gasteiger partial charge in [-0.25, -0.2) is 24.3 Å². The molecule has 11 heteroatoms. The molecule has 1 saturated heterocycles. The first-order chi connectivity index (χ1) is 16.3. The van der Waals surface area contributed by atoms with E-state index in [1.54, 1.807) is 23.4 Å². The molecular formula is C23H17F4N5O2. The van der Waals surface area contributed by atoms with E-state index in [9.17, 15) is 22.4 Å². The molecule has 1 aromatic carbocycles. The third-order valence-corrected chi connectivity index (χ3v) is 7.02. The average Bonchev–Trinajstić information content (AvgIpc) is 3.47. The van der Waals surface area contributed by atoms with E-state index in [1.807, 2.05) is 0 Å². The van der Waals surface area contributed by atoms with Gasteiger partial charge in [0.05, 0.1) is 24.0 Å². The summed E-state index contributed by atoms with van der Waals surface area (Å²) in [6.07, 6.45) is 1.25. The van der Waals surface area contributed by atoms with Crippen LogP contribution in [0, 0.1) is 17.2 Å². The number of carbonyl (C=O) groups is 1. The van der Waals surface area contributed by atoms with Crippen LogP contribution in [-0.4, -0.2) is 49.4 Å². The number of amides is 1. The van der Waals surface area contributed by atoms with Crippen molar-refractivity contribution in [2.45, 2.75) is 31.2 Å². The van der Waals surface area contributed by atoms with Gasteiger partial charge in [-0.05, 0) is 43.0 Å². The number of hydrogen-bond donors (Lipinski definition) is 0. The maximum absolute atomic E-state index is 14.1. The molecule has 0 bridgehead atoms. The summed E-state index contributed by atoms with van der Waals surface area (Å²) in [4.78, 5) is 30.8. The second-order valence-corrected chi connectivity index (χ2v) is 8.90. The molecule has 6 rings (SSSR count). The van der Waals surface area contributed by atoms with Gasteiger partial charge in [0.2, 0.25) is 5.88 Å². The lowest BCUT2D eigenvalue weighted by Gasteiger charge is -2.47. The van der Waals surface area contributed by atoms with Crippen LogP contribution in [0.5, 0.6) is 5.88 Å². The van der Waals surface area contributed by atoms with Gasteiger partial charge < -0.3 is 9.64 Å². The molecule has 174 valence electrons. The van der Waals surface area contributed by atoms with Gasteiger partial charge in [0, 0.05) is 29.9 Å². The van der Waals surface area contributed by atoms with Gasteiger partial charge in [-0.15, -0.1) is 0 Å². The SMILES string of the molecule is O=C(c1cc(F)ccc1-c1ncccn1)N1CC2CC23CC(Oc2cnc(C(F)(F)F)cn2)C13. The Morgan fingerprint density at radius 3 is 2.59 bits per heavy atom. The lowest BCUT2D eigenvalue weighted by atomic mass is 9.73. The highest BCUT2D eigenvalue weighted by atomic mass is 19.4. The molecule has 34 heavy (non-hydrogen) atoms. The summed E-state index contributed by atoms with van der Waals surface area (Å²) in [7, 11) is 0. The third-order valence-electron chi connectivity index (χ3n) is 7.02. The highest BCUT2D eigenvalue weighted by Crippen LogP contribution is 2.71. The Balaban J connectivity index is 1.26. The summed E-state index contributed by atoms with van der Waals surface area (Å²) >= 11 is 0.